The van der Waals surface area contributed by atoms with Crippen LogP contribution in [0.1, 0.15) is 68.3 Å². The van der Waals surface area contributed by atoms with Crippen LogP contribution in [0.3, 0.4) is 0 Å². The van der Waals surface area contributed by atoms with Gasteiger partial charge < -0.3 is 10.3 Å². The van der Waals surface area contributed by atoms with Crippen LogP contribution in [0.5, 0.6) is 0 Å². The Hall–Kier alpha value is -1.20. The van der Waals surface area contributed by atoms with E-state index in [2.05, 4.69) is 24.1 Å². The molecule has 2 heterocycles. The van der Waals surface area contributed by atoms with Crippen molar-refractivity contribution in [3.63, 3.8) is 0 Å². The number of thiophene rings is 1. The molecule has 0 amide bonds. The van der Waals surface area contributed by atoms with Crippen molar-refractivity contribution in [1.82, 2.24) is 9.97 Å². The third-order valence-electron chi connectivity index (χ3n) is 5.58. The lowest BCUT2D eigenvalue weighted by atomic mass is 9.89. The number of quaternary nitrogens is 1. The van der Waals surface area contributed by atoms with Crippen molar-refractivity contribution in [3.05, 3.63) is 26.6 Å². The highest BCUT2D eigenvalue weighted by Gasteiger charge is 2.26. The number of nitrogens with one attached hydrogen (secondary N) is 1. The number of fused-ring (bicyclic) bond motifs is 3. The molecule has 2 aromatic heterocycles. The lowest BCUT2D eigenvalue weighted by Gasteiger charge is -2.17. The molecule has 0 bridgehead atoms. The third-order valence-corrected chi connectivity index (χ3v) is 6.72. The molecule has 0 aliphatic heterocycles. The van der Waals surface area contributed by atoms with Crippen LogP contribution >= 0.6 is 11.3 Å². The zero-order valence-corrected chi connectivity index (χ0v) is 14.8. The van der Waals surface area contributed by atoms with Gasteiger partial charge in [-0.1, -0.05) is 6.92 Å². The smallest absolute Gasteiger partial charge is 0.260 e. The summed E-state index contributed by atoms with van der Waals surface area (Å²) in [5.41, 5.74) is 1.35. The van der Waals surface area contributed by atoms with E-state index in [9.17, 15) is 4.79 Å². The molecule has 5 heteroatoms. The van der Waals surface area contributed by atoms with Crippen LogP contribution in [0.15, 0.2) is 4.79 Å². The van der Waals surface area contributed by atoms with E-state index in [1.165, 1.54) is 42.5 Å². The van der Waals surface area contributed by atoms with E-state index < -0.39 is 0 Å². The maximum atomic E-state index is 12.7. The fourth-order valence-corrected chi connectivity index (χ4v) is 5.62. The molecule has 0 saturated heterocycles. The quantitative estimate of drug-likeness (QED) is 0.908. The highest BCUT2D eigenvalue weighted by atomic mass is 32.1. The maximum Gasteiger partial charge on any atom is 0.260 e. The summed E-state index contributed by atoms with van der Waals surface area (Å²) >= 11 is 1.75. The van der Waals surface area contributed by atoms with Gasteiger partial charge in [0.2, 0.25) is 0 Å². The lowest BCUT2D eigenvalue weighted by molar-refractivity contribution is -0.724. The minimum absolute atomic E-state index is 0.0729. The number of hydrogen-bond acceptors (Lipinski definition) is 3. The Labute approximate surface area is 140 Å². The summed E-state index contributed by atoms with van der Waals surface area (Å²) in [4.78, 5) is 22.9. The van der Waals surface area contributed by atoms with Crippen molar-refractivity contribution in [2.24, 2.45) is 5.92 Å². The molecule has 0 aromatic carbocycles. The fraction of sp³-hybridized carbons (Fsp3) is 0.667. The van der Waals surface area contributed by atoms with E-state index in [0.717, 1.165) is 34.8 Å². The maximum absolute atomic E-state index is 12.7. The van der Waals surface area contributed by atoms with Crippen LogP contribution in [0.2, 0.25) is 0 Å². The van der Waals surface area contributed by atoms with E-state index in [-0.39, 0.29) is 11.6 Å². The predicted octanol–water partition coefficient (Wildman–Crippen LogP) is 2.68. The topological polar surface area (TPSA) is 62.4 Å². The SMILES string of the molecule is C[C@H]1CCc2c(sc3nc([C@H](C)[NH2+]C4CCCC4)[nH]c(=O)c23)C1. The van der Waals surface area contributed by atoms with Crippen LogP contribution in [0.4, 0.5) is 0 Å². The molecule has 0 radical (unpaired) electrons. The van der Waals surface area contributed by atoms with Crippen LogP contribution in [0.25, 0.3) is 10.2 Å². The highest BCUT2D eigenvalue weighted by Crippen LogP contribution is 2.35. The molecular formula is C18H26N3OS+. The van der Waals surface area contributed by atoms with Gasteiger partial charge in [-0.2, -0.15) is 0 Å². The number of rotatable bonds is 3. The van der Waals surface area contributed by atoms with Gasteiger partial charge in [-0.05, 0) is 63.4 Å². The second-order valence-electron chi connectivity index (χ2n) is 7.51. The lowest BCUT2D eigenvalue weighted by Crippen LogP contribution is -2.90. The number of H-pyrrole nitrogens is 1. The Morgan fingerprint density at radius 2 is 2.09 bits per heavy atom. The molecule has 2 aliphatic rings. The Morgan fingerprint density at radius 1 is 1.30 bits per heavy atom. The molecule has 4 nitrogen and oxygen atoms in total. The molecule has 4 rings (SSSR count). The van der Waals surface area contributed by atoms with E-state index >= 15 is 0 Å². The summed E-state index contributed by atoms with van der Waals surface area (Å²) in [6, 6.07) is 0.927. The Balaban J connectivity index is 1.68. The summed E-state index contributed by atoms with van der Waals surface area (Å²) in [7, 11) is 0. The Morgan fingerprint density at radius 3 is 2.87 bits per heavy atom. The molecule has 1 fully saturated rings. The van der Waals surface area contributed by atoms with Gasteiger partial charge in [-0.25, -0.2) is 4.98 Å². The Bertz CT molecular complexity index is 772. The van der Waals surface area contributed by atoms with Gasteiger partial charge in [-0.3, -0.25) is 4.79 Å². The van der Waals surface area contributed by atoms with Crippen LogP contribution in [-0.4, -0.2) is 16.0 Å². The molecule has 2 atom stereocenters. The summed E-state index contributed by atoms with van der Waals surface area (Å²) in [5, 5.41) is 3.26. The summed E-state index contributed by atoms with van der Waals surface area (Å²) in [5.74, 6) is 1.57. The number of hydrogen-bond donors (Lipinski definition) is 2. The van der Waals surface area contributed by atoms with Crippen molar-refractivity contribution in [2.45, 2.75) is 70.9 Å². The summed E-state index contributed by atoms with van der Waals surface area (Å²) in [6.07, 6.45) is 8.59. The largest absolute Gasteiger partial charge is 0.335 e. The third kappa shape index (κ3) is 2.85. The van der Waals surface area contributed by atoms with Crippen LogP contribution in [-0.2, 0) is 12.8 Å². The van der Waals surface area contributed by atoms with Gasteiger partial charge in [0, 0.05) is 4.88 Å². The molecule has 2 aliphatic carbocycles. The number of aromatic amines is 1. The minimum Gasteiger partial charge on any atom is -0.335 e. The van der Waals surface area contributed by atoms with Crippen molar-refractivity contribution < 1.29 is 5.32 Å². The molecule has 3 N–H and O–H groups in total. The standard InChI is InChI=1S/C18H25N3OS/c1-10-7-8-13-14(9-10)23-18-15(13)17(22)20-16(21-18)11(2)19-12-5-3-4-6-12/h10-12,19H,3-9H2,1-2H3,(H,20,21,22)/p+1/t10-,11-/m0/s1. The van der Waals surface area contributed by atoms with Crippen LogP contribution < -0.4 is 10.9 Å². The highest BCUT2D eigenvalue weighted by molar-refractivity contribution is 7.18. The van der Waals surface area contributed by atoms with Gasteiger partial charge in [-0.15, -0.1) is 11.3 Å². The average Bonchev–Trinajstić information content (AvgIpc) is 3.13. The van der Waals surface area contributed by atoms with Gasteiger partial charge in [0.25, 0.3) is 5.56 Å². The number of aromatic nitrogens is 2. The van der Waals surface area contributed by atoms with E-state index in [0.29, 0.717) is 6.04 Å². The molecule has 0 unspecified atom stereocenters. The number of nitrogens with zero attached hydrogens (tertiary/aromatic N) is 1. The van der Waals surface area contributed by atoms with E-state index in [4.69, 9.17) is 4.98 Å². The second kappa shape index (κ2) is 6.02. The molecule has 0 spiro atoms. The monoisotopic (exact) mass is 332 g/mol. The van der Waals surface area contributed by atoms with Crippen molar-refractivity contribution >= 4 is 21.6 Å². The average molecular weight is 332 g/mol. The molecule has 23 heavy (non-hydrogen) atoms. The number of nitrogens with two attached hydrogens (primary N) is 1. The molecule has 124 valence electrons. The van der Waals surface area contributed by atoms with E-state index in [1.54, 1.807) is 11.3 Å². The normalized spacial score (nSPS) is 23.3. The van der Waals surface area contributed by atoms with E-state index in [1.807, 2.05) is 0 Å². The van der Waals surface area contributed by atoms with Gasteiger partial charge in [0.05, 0.1) is 11.4 Å². The molecule has 1 saturated carbocycles. The van der Waals surface area contributed by atoms with Gasteiger partial charge >= 0.3 is 0 Å². The number of aryl methyl sites for hydroxylation is 1. The predicted molar refractivity (Wildman–Crippen MR) is 94.0 cm³/mol. The molecule has 2 aromatic rings. The van der Waals surface area contributed by atoms with Gasteiger partial charge in [0.15, 0.2) is 5.82 Å². The first kappa shape index (κ1) is 15.3. The first-order valence-corrected chi connectivity index (χ1v) is 9.83. The summed E-state index contributed by atoms with van der Waals surface area (Å²) < 4.78 is 0. The first-order valence-electron chi connectivity index (χ1n) is 9.01. The Kier molecular flexibility index (Phi) is 4.01. The zero-order chi connectivity index (χ0) is 16.0. The summed E-state index contributed by atoms with van der Waals surface area (Å²) in [6.45, 7) is 4.47. The molecular weight excluding hydrogens is 306 g/mol. The zero-order valence-electron chi connectivity index (χ0n) is 14.0. The minimum atomic E-state index is 0.0729. The second-order valence-corrected chi connectivity index (χ2v) is 8.59. The van der Waals surface area contributed by atoms with Gasteiger partial charge in [0.1, 0.15) is 10.9 Å². The van der Waals surface area contributed by atoms with Crippen molar-refractivity contribution in [1.29, 1.82) is 0 Å². The van der Waals surface area contributed by atoms with Crippen LogP contribution in [0, 0.1) is 5.92 Å². The van der Waals surface area contributed by atoms with Crippen molar-refractivity contribution in [3.8, 4) is 0 Å². The fourth-order valence-electron chi connectivity index (χ4n) is 4.23. The first-order chi connectivity index (χ1) is 11.1. The van der Waals surface area contributed by atoms with Crippen molar-refractivity contribution in [2.75, 3.05) is 0 Å².